The zero-order valence-electron chi connectivity index (χ0n) is 11.6. The Morgan fingerprint density at radius 3 is 2.47 bits per heavy atom. The van der Waals surface area contributed by atoms with E-state index in [-0.39, 0.29) is 23.7 Å². The second-order valence-corrected chi connectivity index (χ2v) is 5.57. The third-order valence-electron chi connectivity index (χ3n) is 3.81. The maximum Gasteiger partial charge on any atom is 0.0929 e. The molecule has 1 rings (SSSR count). The van der Waals surface area contributed by atoms with E-state index >= 15 is 0 Å². The number of hydrogen-bond donors (Lipinski definition) is 1. The summed E-state index contributed by atoms with van der Waals surface area (Å²) >= 11 is 0. The highest BCUT2D eigenvalue weighted by Gasteiger charge is 2.56. The summed E-state index contributed by atoms with van der Waals surface area (Å²) in [6, 6.07) is 0. The first-order chi connectivity index (χ1) is 7.85. The van der Waals surface area contributed by atoms with Gasteiger partial charge in [-0.15, -0.1) is 6.58 Å². The molecule has 3 heteroatoms. The molecule has 0 spiro atoms. The highest BCUT2D eigenvalue weighted by molar-refractivity contribution is 5.05. The lowest BCUT2D eigenvalue weighted by Gasteiger charge is -2.25. The average molecular weight is 242 g/mol. The molecule has 1 fully saturated rings. The van der Waals surface area contributed by atoms with Crippen molar-refractivity contribution in [2.75, 3.05) is 7.11 Å². The number of rotatable bonds is 7. The van der Waals surface area contributed by atoms with Crippen LogP contribution in [0.3, 0.4) is 0 Å². The van der Waals surface area contributed by atoms with Gasteiger partial charge in [0.25, 0.3) is 0 Å². The summed E-state index contributed by atoms with van der Waals surface area (Å²) in [5.74, 6) is 0.645. The molecule has 0 saturated carbocycles. The van der Waals surface area contributed by atoms with Gasteiger partial charge in [0.2, 0.25) is 0 Å². The second-order valence-electron chi connectivity index (χ2n) is 5.57. The largest absolute Gasteiger partial charge is 0.391 e. The van der Waals surface area contributed by atoms with Crippen molar-refractivity contribution < 1.29 is 14.6 Å². The molecule has 3 nitrogen and oxygen atoms in total. The molecule has 0 amide bonds. The van der Waals surface area contributed by atoms with Crippen molar-refractivity contribution >= 4 is 0 Å². The van der Waals surface area contributed by atoms with Gasteiger partial charge in [-0.05, 0) is 26.2 Å². The Kier molecular flexibility index (Phi) is 4.76. The Labute approximate surface area is 105 Å². The van der Waals surface area contributed by atoms with Crippen LogP contribution in [0.4, 0.5) is 0 Å². The molecule has 0 aromatic carbocycles. The van der Waals surface area contributed by atoms with Gasteiger partial charge in [0.1, 0.15) is 0 Å². The van der Waals surface area contributed by atoms with E-state index in [1.165, 1.54) is 0 Å². The third-order valence-corrected chi connectivity index (χ3v) is 3.81. The number of allylic oxidation sites excluding steroid dienone is 1. The summed E-state index contributed by atoms with van der Waals surface area (Å²) in [4.78, 5) is 0. The average Bonchev–Trinajstić information content (AvgIpc) is 2.90. The number of hydrogen-bond acceptors (Lipinski definition) is 3. The summed E-state index contributed by atoms with van der Waals surface area (Å²) in [7, 11) is 1.64. The van der Waals surface area contributed by atoms with Crippen LogP contribution in [0.25, 0.3) is 0 Å². The van der Waals surface area contributed by atoms with Crippen LogP contribution >= 0.6 is 0 Å². The SMILES string of the molecule is C=C[C@@H](C)C[C@@]1(C)O[C@@H]1[C@H](C)[C@@H](OC)[C@@H](C)O. The van der Waals surface area contributed by atoms with Gasteiger partial charge < -0.3 is 14.6 Å². The molecule has 0 aromatic heterocycles. The standard InChI is InChI=1S/C14H26O3/c1-7-9(2)8-14(5)13(17-14)10(3)12(16-6)11(4)15/h7,9-13,15H,1,8H2,2-6H3/t9-,10-,11-,12-,13-,14-/m1/s1. The maximum atomic E-state index is 9.66. The van der Waals surface area contributed by atoms with E-state index in [0.29, 0.717) is 5.92 Å². The highest BCUT2D eigenvalue weighted by atomic mass is 16.6. The van der Waals surface area contributed by atoms with Gasteiger partial charge in [0.15, 0.2) is 0 Å². The van der Waals surface area contributed by atoms with Gasteiger partial charge in [-0.1, -0.05) is 19.9 Å². The predicted molar refractivity (Wildman–Crippen MR) is 68.9 cm³/mol. The zero-order valence-corrected chi connectivity index (χ0v) is 11.6. The highest BCUT2D eigenvalue weighted by Crippen LogP contribution is 2.47. The van der Waals surface area contributed by atoms with Crippen molar-refractivity contribution in [1.29, 1.82) is 0 Å². The molecule has 1 N–H and O–H groups in total. The minimum absolute atomic E-state index is 0.0846. The third kappa shape index (κ3) is 3.30. The van der Waals surface area contributed by atoms with Crippen molar-refractivity contribution in [3.63, 3.8) is 0 Å². The van der Waals surface area contributed by atoms with E-state index in [1.54, 1.807) is 14.0 Å². The van der Waals surface area contributed by atoms with Gasteiger partial charge in [-0.3, -0.25) is 0 Å². The topological polar surface area (TPSA) is 42.0 Å². The molecule has 1 aliphatic rings. The number of aliphatic hydroxyl groups is 1. The van der Waals surface area contributed by atoms with Crippen LogP contribution in [0.5, 0.6) is 0 Å². The summed E-state index contributed by atoms with van der Waals surface area (Å²) < 4.78 is 11.2. The Morgan fingerprint density at radius 1 is 1.47 bits per heavy atom. The van der Waals surface area contributed by atoms with Crippen LogP contribution in [0.2, 0.25) is 0 Å². The fraction of sp³-hybridized carbons (Fsp3) is 0.857. The van der Waals surface area contributed by atoms with E-state index in [9.17, 15) is 5.11 Å². The molecule has 1 aliphatic heterocycles. The quantitative estimate of drug-likeness (QED) is 0.550. The number of methoxy groups -OCH3 is 1. The van der Waals surface area contributed by atoms with E-state index in [1.807, 2.05) is 6.08 Å². The normalized spacial score (nSPS) is 34.8. The number of ether oxygens (including phenoxy) is 2. The van der Waals surface area contributed by atoms with Crippen LogP contribution in [0, 0.1) is 11.8 Å². The van der Waals surface area contributed by atoms with Crippen molar-refractivity contribution in [3.8, 4) is 0 Å². The molecule has 0 unspecified atom stereocenters. The second kappa shape index (κ2) is 5.51. The van der Waals surface area contributed by atoms with E-state index in [0.717, 1.165) is 6.42 Å². The van der Waals surface area contributed by atoms with Crippen LogP contribution in [0.15, 0.2) is 12.7 Å². The van der Waals surface area contributed by atoms with Crippen molar-refractivity contribution in [3.05, 3.63) is 12.7 Å². The minimum atomic E-state index is -0.472. The van der Waals surface area contributed by atoms with Crippen molar-refractivity contribution in [2.45, 2.75) is 58.0 Å². The molecule has 0 bridgehead atoms. The van der Waals surface area contributed by atoms with Gasteiger partial charge in [-0.2, -0.15) is 0 Å². The van der Waals surface area contributed by atoms with E-state index < -0.39 is 6.10 Å². The van der Waals surface area contributed by atoms with Gasteiger partial charge >= 0.3 is 0 Å². The molecule has 0 aromatic rings. The Bertz CT molecular complexity index is 264. The minimum Gasteiger partial charge on any atom is -0.391 e. The number of epoxide rings is 1. The maximum absolute atomic E-state index is 9.66. The van der Waals surface area contributed by atoms with E-state index in [2.05, 4.69) is 27.4 Å². The first-order valence-electron chi connectivity index (χ1n) is 6.37. The Hall–Kier alpha value is -0.380. The van der Waals surface area contributed by atoms with Gasteiger partial charge in [0.05, 0.1) is 23.9 Å². The Balaban J connectivity index is 2.56. The van der Waals surface area contributed by atoms with Crippen molar-refractivity contribution in [1.82, 2.24) is 0 Å². The molecule has 17 heavy (non-hydrogen) atoms. The molecule has 100 valence electrons. The molecule has 1 saturated heterocycles. The Morgan fingerprint density at radius 2 is 2.06 bits per heavy atom. The fourth-order valence-corrected chi connectivity index (χ4v) is 2.83. The zero-order chi connectivity index (χ0) is 13.2. The predicted octanol–water partition coefficient (Wildman–Crippen LogP) is 2.39. The summed E-state index contributed by atoms with van der Waals surface area (Å²) in [5.41, 5.74) is -0.0846. The smallest absolute Gasteiger partial charge is 0.0929 e. The first kappa shape index (κ1) is 14.7. The van der Waals surface area contributed by atoms with Crippen LogP contribution < -0.4 is 0 Å². The van der Waals surface area contributed by atoms with Crippen molar-refractivity contribution in [2.24, 2.45) is 11.8 Å². The molecular formula is C14H26O3. The lowest BCUT2D eigenvalue weighted by Crippen LogP contribution is -2.36. The molecule has 1 heterocycles. The monoisotopic (exact) mass is 242 g/mol. The van der Waals surface area contributed by atoms with Crippen LogP contribution in [-0.4, -0.2) is 36.1 Å². The molecule has 0 aliphatic carbocycles. The lowest BCUT2D eigenvalue weighted by molar-refractivity contribution is -0.0391. The molecule has 6 atom stereocenters. The lowest BCUT2D eigenvalue weighted by atomic mass is 9.86. The first-order valence-corrected chi connectivity index (χ1v) is 6.37. The molecular weight excluding hydrogens is 216 g/mol. The van der Waals surface area contributed by atoms with Gasteiger partial charge in [0, 0.05) is 13.0 Å². The summed E-state index contributed by atoms with van der Waals surface area (Å²) in [6.07, 6.45) is 2.46. The van der Waals surface area contributed by atoms with Gasteiger partial charge in [-0.25, -0.2) is 0 Å². The van der Waals surface area contributed by atoms with Crippen LogP contribution in [0.1, 0.15) is 34.1 Å². The molecule has 0 radical (unpaired) electrons. The number of aliphatic hydroxyl groups excluding tert-OH is 1. The van der Waals surface area contributed by atoms with E-state index in [4.69, 9.17) is 9.47 Å². The summed E-state index contributed by atoms with van der Waals surface area (Å²) in [6.45, 7) is 11.9. The van der Waals surface area contributed by atoms with Crippen LogP contribution in [-0.2, 0) is 9.47 Å². The fourth-order valence-electron chi connectivity index (χ4n) is 2.83. The summed E-state index contributed by atoms with van der Waals surface area (Å²) in [5, 5.41) is 9.66.